The zero-order valence-corrected chi connectivity index (χ0v) is 12.9. The van der Waals surface area contributed by atoms with Gasteiger partial charge in [0.1, 0.15) is 0 Å². The van der Waals surface area contributed by atoms with Gasteiger partial charge in [0.2, 0.25) is 0 Å². The summed E-state index contributed by atoms with van der Waals surface area (Å²) in [6, 6.07) is 19.0. The molecule has 21 heavy (non-hydrogen) atoms. The molecule has 0 atom stereocenters. The van der Waals surface area contributed by atoms with E-state index in [1.165, 1.54) is 5.56 Å². The number of anilines is 2. The molecule has 0 heterocycles. The number of benzene rings is 2. The lowest BCUT2D eigenvalue weighted by Gasteiger charge is -2.26. The van der Waals surface area contributed by atoms with E-state index in [9.17, 15) is 0 Å². The highest BCUT2D eigenvalue weighted by Gasteiger charge is 2.11. The first-order valence-corrected chi connectivity index (χ1v) is 7.50. The van der Waals surface area contributed by atoms with Gasteiger partial charge < -0.3 is 4.90 Å². The molecule has 2 rings (SSSR count). The molecule has 2 aromatic rings. The van der Waals surface area contributed by atoms with Crippen LogP contribution >= 0.6 is 0 Å². The number of hydrogen-bond acceptors (Lipinski definition) is 1. The molecule has 0 radical (unpaired) electrons. The van der Waals surface area contributed by atoms with Gasteiger partial charge in [-0.1, -0.05) is 61.9 Å². The predicted molar refractivity (Wildman–Crippen MR) is 92.9 cm³/mol. The Morgan fingerprint density at radius 3 is 2.19 bits per heavy atom. The lowest BCUT2D eigenvalue weighted by atomic mass is 10.1. The highest BCUT2D eigenvalue weighted by molar-refractivity contribution is 5.70. The van der Waals surface area contributed by atoms with Crippen LogP contribution in [0.25, 0.3) is 0 Å². The lowest BCUT2D eigenvalue weighted by molar-refractivity contribution is 0.946. The third kappa shape index (κ3) is 3.85. The van der Waals surface area contributed by atoms with E-state index in [0.717, 1.165) is 29.9 Å². The normalized spacial score (nSPS) is 11.2. The molecule has 0 N–H and O–H groups in total. The summed E-state index contributed by atoms with van der Waals surface area (Å²) in [6.07, 6.45) is 6.37. The Balaban J connectivity index is 2.48. The van der Waals surface area contributed by atoms with E-state index in [1.54, 1.807) is 0 Å². The van der Waals surface area contributed by atoms with Gasteiger partial charge in [-0.3, -0.25) is 0 Å². The van der Waals surface area contributed by atoms with Crippen molar-refractivity contribution in [1.29, 1.82) is 0 Å². The maximum Gasteiger partial charge on any atom is 0.0461 e. The minimum Gasteiger partial charge on any atom is -0.311 e. The van der Waals surface area contributed by atoms with Crippen molar-refractivity contribution in [3.8, 4) is 0 Å². The molecule has 0 saturated heterocycles. The Morgan fingerprint density at radius 1 is 1.00 bits per heavy atom. The van der Waals surface area contributed by atoms with Crippen molar-refractivity contribution < 1.29 is 0 Å². The fraction of sp³-hybridized carbons (Fsp3) is 0.200. The molecule has 108 valence electrons. The number of para-hydroxylation sites is 1. The zero-order chi connectivity index (χ0) is 15.1. The van der Waals surface area contributed by atoms with Crippen molar-refractivity contribution in [2.75, 3.05) is 4.90 Å². The molecule has 0 aromatic heterocycles. The van der Waals surface area contributed by atoms with E-state index >= 15 is 0 Å². The van der Waals surface area contributed by atoms with Gasteiger partial charge >= 0.3 is 0 Å². The van der Waals surface area contributed by atoms with Crippen molar-refractivity contribution in [2.45, 2.75) is 26.7 Å². The van der Waals surface area contributed by atoms with Gasteiger partial charge in [-0.2, -0.15) is 0 Å². The molecule has 0 unspecified atom stereocenters. The van der Waals surface area contributed by atoms with E-state index in [2.05, 4.69) is 79.9 Å². The van der Waals surface area contributed by atoms with Gasteiger partial charge in [-0.05, 0) is 43.7 Å². The minimum atomic E-state index is 1.05. The van der Waals surface area contributed by atoms with E-state index in [1.807, 2.05) is 12.1 Å². The third-order valence-corrected chi connectivity index (χ3v) is 3.42. The van der Waals surface area contributed by atoms with Gasteiger partial charge in [0.25, 0.3) is 0 Å². The average Bonchev–Trinajstić information content (AvgIpc) is 2.53. The van der Waals surface area contributed by atoms with Crippen LogP contribution in [-0.2, 0) is 0 Å². The van der Waals surface area contributed by atoms with Crippen molar-refractivity contribution in [1.82, 2.24) is 0 Å². The summed E-state index contributed by atoms with van der Waals surface area (Å²) in [7, 11) is 0. The monoisotopic (exact) mass is 277 g/mol. The van der Waals surface area contributed by atoms with Crippen LogP contribution in [-0.4, -0.2) is 0 Å². The maximum atomic E-state index is 3.99. The van der Waals surface area contributed by atoms with E-state index in [4.69, 9.17) is 0 Å². The molecule has 0 aliphatic carbocycles. The summed E-state index contributed by atoms with van der Waals surface area (Å²) in [6.45, 7) is 8.29. The Morgan fingerprint density at radius 2 is 1.62 bits per heavy atom. The van der Waals surface area contributed by atoms with Gasteiger partial charge in [-0.25, -0.2) is 0 Å². The summed E-state index contributed by atoms with van der Waals surface area (Å²) in [5.41, 5.74) is 4.72. The van der Waals surface area contributed by atoms with Crippen molar-refractivity contribution in [2.24, 2.45) is 0 Å². The second-order valence-corrected chi connectivity index (χ2v) is 5.13. The van der Waals surface area contributed by atoms with Crippen LogP contribution in [0.15, 0.2) is 79.0 Å². The quantitative estimate of drug-likeness (QED) is 0.585. The number of unbranched alkanes of at least 4 members (excludes halogenated alkanes) is 1. The van der Waals surface area contributed by atoms with Crippen LogP contribution < -0.4 is 4.90 Å². The van der Waals surface area contributed by atoms with Crippen LogP contribution in [0.5, 0.6) is 0 Å². The third-order valence-electron chi connectivity index (χ3n) is 3.42. The maximum absolute atomic E-state index is 3.99. The van der Waals surface area contributed by atoms with Crippen molar-refractivity contribution >= 4 is 11.4 Å². The van der Waals surface area contributed by atoms with Crippen LogP contribution in [0.2, 0.25) is 0 Å². The summed E-state index contributed by atoms with van der Waals surface area (Å²) >= 11 is 0. The fourth-order valence-corrected chi connectivity index (χ4v) is 2.28. The molecule has 0 fully saturated rings. The summed E-state index contributed by atoms with van der Waals surface area (Å²) in [4.78, 5) is 2.25. The standard InChI is InChI=1S/C20H23N/c1-4-6-10-18(5-2)21(19-11-8-7-9-12-19)20-15-13-17(3)14-16-20/h5,7-16H,2,4,6H2,1,3H3/b18-10+. The Kier molecular flexibility index (Phi) is 5.39. The van der Waals surface area contributed by atoms with Crippen LogP contribution in [0, 0.1) is 6.92 Å². The smallest absolute Gasteiger partial charge is 0.0461 e. The summed E-state index contributed by atoms with van der Waals surface area (Å²) < 4.78 is 0. The van der Waals surface area contributed by atoms with Gasteiger partial charge in [0.15, 0.2) is 0 Å². The lowest BCUT2D eigenvalue weighted by Crippen LogP contribution is -2.15. The molecule has 1 nitrogen and oxygen atoms in total. The molecular formula is C20H23N. The molecule has 0 spiro atoms. The summed E-state index contributed by atoms with van der Waals surface area (Å²) in [5.74, 6) is 0. The number of hydrogen-bond donors (Lipinski definition) is 0. The van der Waals surface area contributed by atoms with E-state index in [-0.39, 0.29) is 0 Å². The first-order valence-electron chi connectivity index (χ1n) is 7.50. The van der Waals surface area contributed by atoms with E-state index < -0.39 is 0 Å². The molecule has 0 amide bonds. The first-order chi connectivity index (χ1) is 10.3. The van der Waals surface area contributed by atoms with Crippen molar-refractivity contribution in [3.63, 3.8) is 0 Å². The van der Waals surface area contributed by atoms with Gasteiger partial charge in [0, 0.05) is 17.1 Å². The zero-order valence-electron chi connectivity index (χ0n) is 12.9. The highest BCUT2D eigenvalue weighted by atomic mass is 15.1. The number of aryl methyl sites for hydroxylation is 1. The number of nitrogens with zero attached hydrogens (tertiary/aromatic N) is 1. The number of rotatable bonds is 6. The highest BCUT2D eigenvalue weighted by Crippen LogP contribution is 2.30. The van der Waals surface area contributed by atoms with Crippen LogP contribution in [0.4, 0.5) is 11.4 Å². The topological polar surface area (TPSA) is 3.24 Å². The van der Waals surface area contributed by atoms with Gasteiger partial charge in [0.05, 0.1) is 0 Å². The average molecular weight is 277 g/mol. The van der Waals surface area contributed by atoms with Crippen LogP contribution in [0.1, 0.15) is 25.3 Å². The molecule has 0 bridgehead atoms. The fourth-order valence-electron chi connectivity index (χ4n) is 2.28. The predicted octanol–water partition coefficient (Wildman–Crippen LogP) is 6.00. The molecule has 2 aromatic carbocycles. The SMILES string of the molecule is C=C/C(=C\CCC)N(c1ccccc1)c1ccc(C)cc1. The second-order valence-electron chi connectivity index (χ2n) is 5.13. The largest absolute Gasteiger partial charge is 0.311 e. The molecule has 1 heteroatoms. The molecule has 0 aliphatic rings. The Labute approximate surface area is 128 Å². The number of allylic oxidation sites excluding steroid dienone is 2. The van der Waals surface area contributed by atoms with Crippen LogP contribution in [0.3, 0.4) is 0 Å². The molecular weight excluding hydrogens is 254 g/mol. The molecule has 0 aliphatic heterocycles. The second kappa shape index (κ2) is 7.49. The minimum absolute atomic E-state index is 1.05. The van der Waals surface area contributed by atoms with Gasteiger partial charge in [-0.15, -0.1) is 0 Å². The Hall–Kier alpha value is -2.28. The Bertz CT molecular complexity index is 593. The first kappa shape index (κ1) is 15.1. The van der Waals surface area contributed by atoms with E-state index in [0.29, 0.717) is 0 Å². The summed E-state index contributed by atoms with van der Waals surface area (Å²) in [5, 5.41) is 0. The van der Waals surface area contributed by atoms with Crippen molar-refractivity contribution in [3.05, 3.63) is 84.6 Å². The molecule has 0 saturated carbocycles.